The summed E-state index contributed by atoms with van der Waals surface area (Å²) in [5.41, 5.74) is 1.28. The molecule has 0 fully saturated rings. The van der Waals surface area contributed by atoms with Gasteiger partial charge in [-0.15, -0.1) is 0 Å². The summed E-state index contributed by atoms with van der Waals surface area (Å²) in [5.74, 6) is 1.05. The monoisotopic (exact) mass is 222 g/mol. The van der Waals surface area contributed by atoms with Gasteiger partial charge in [-0.05, 0) is 23.6 Å². The van der Waals surface area contributed by atoms with Crippen molar-refractivity contribution in [1.29, 1.82) is 0 Å². The molecule has 0 bridgehead atoms. The van der Waals surface area contributed by atoms with Crippen LogP contribution in [0.5, 0.6) is 5.75 Å². The molecule has 0 aliphatic rings. The van der Waals surface area contributed by atoms with E-state index in [1.807, 2.05) is 24.3 Å². The summed E-state index contributed by atoms with van der Waals surface area (Å²) in [6.45, 7) is 4.65. The Kier molecular flexibility index (Phi) is 4.83. The van der Waals surface area contributed by atoms with Crippen LogP contribution in [0, 0.1) is 0 Å². The Bertz CT molecular complexity index is 328. The highest BCUT2D eigenvalue weighted by molar-refractivity contribution is 5.69. The van der Waals surface area contributed by atoms with Gasteiger partial charge in [-0.3, -0.25) is 4.79 Å². The van der Waals surface area contributed by atoms with E-state index < -0.39 is 0 Å². The third-order valence-corrected chi connectivity index (χ3v) is 2.35. The predicted molar refractivity (Wildman–Crippen MR) is 62.7 cm³/mol. The van der Waals surface area contributed by atoms with Crippen LogP contribution in [0.4, 0.5) is 0 Å². The summed E-state index contributed by atoms with van der Waals surface area (Å²) in [5, 5.41) is 0. The molecule has 3 heteroatoms. The zero-order chi connectivity index (χ0) is 12.0. The first-order valence-electron chi connectivity index (χ1n) is 5.43. The fourth-order valence-electron chi connectivity index (χ4n) is 1.30. The molecule has 88 valence electrons. The molecule has 0 atom stereocenters. The minimum absolute atomic E-state index is 0.251. The number of rotatable bonds is 5. The average molecular weight is 222 g/mol. The highest BCUT2D eigenvalue weighted by Gasteiger charge is 2.02. The van der Waals surface area contributed by atoms with E-state index in [2.05, 4.69) is 18.6 Å². The van der Waals surface area contributed by atoms with Gasteiger partial charge >= 0.3 is 5.97 Å². The molecule has 0 saturated carbocycles. The molecule has 0 saturated heterocycles. The standard InChI is InChI=1S/C13H18O3/c1-10(2)11-4-6-12(7-5-11)16-9-8-13(14)15-3/h4-7,10H,8-9H2,1-3H3. The molecule has 0 heterocycles. The van der Waals surface area contributed by atoms with Crippen molar-refractivity contribution in [3.05, 3.63) is 29.8 Å². The van der Waals surface area contributed by atoms with Crippen LogP contribution in [0.3, 0.4) is 0 Å². The number of hydrogen-bond acceptors (Lipinski definition) is 3. The Hall–Kier alpha value is -1.51. The zero-order valence-corrected chi connectivity index (χ0v) is 10.0. The van der Waals surface area contributed by atoms with Crippen molar-refractivity contribution < 1.29 is 14.3 Å². The van der Waals surface area contributed by atoms with Gasteiger partial charge in [-0.25, -0.2) is 0 Å². The second kappa shape index (κ2) is 6.16. The van der Waals surface area contributed by atoms with E-state index in [-0.39, 0.29) is 12.4 Å². The van der Waals surface area contributed by atoms with Crippen LogP contribution in [0.2, 0.25) is 0 Å². The van der Waals surface area contributed by atoms with Gasteiger partial charge in [0.15, 0.2) is 0 Å². The molecule has 0 aliphatic carbocycles. The Morgan fingerprint density at radius 3 is 2.38 bits per heavy atom. The van der Waals surface area contributed by atoms with Crippen LogP contribution < -0.4 is 4.74 Å². The van der Waals surface area contributed by atoms with Crippen LogP contribution in [0.15, 0.2) is 24.3 Å². The van der Waals surface area contributed by atoms with E-state index in [0.717, 1.165) is 5.75 Å². The van der Waals surface area contributed by atoms with E-state index in [4.69, 9.17) is 4.74 Å². The second-order valence-corrected chi connectivity index (χ2v) is 3.90. The molecule has 0 radical (unpaired) electrons. The summed E-state index contributed by atoms with van der Waals surface area (Å²) in [6.07, 6.45) is 0.280. The minimum Gasteiger partial charge on any atom is -0.493 e. The van der Waals surface area contributed by atoms with Gasteiger partial charge in [0, 0.05) is 0 Å². The molecule has 1 aromatic carbocycles. The van der Waals surface area contributed by atoms with E-state index in [1.165, 1.54) is 12.7 Å². The minimum atomic E-state index is -0.251. The Labute approximate surface area is 96.4 Å². The van der Waals surface area contributed by atoms with Gasteiger partial charge in [0.25, 0.3) is 0 Å². The number of hydrogen-bond donors (Lipinski definition) is 0. The van der Waals surface area contributed by atoms with Gasteiger partial charge in [-0.2, -0.15) is 0 Å². The molecule has 1 aromatic rings. The van der Waals surface area contributed by atoms with Crippen molar-refractivity contribution in [2.75, 3.05) is 13.7 Å². The highest BCUT2D eigenvalue weighted by Crippen LogP contribution is 2.18. The van der Waals surface area contributed by atoms with Crippen LogP contribution in [-0.4, -0.2) is 19.7 Å². The maximum absolute atomic E-state index is 10.8. The van der Waals surface area contributed by atoms with E-state index in [0.29, 0.717) is 12.5 Å². The summed E-state index contributed by atoms with van der Waals surface area (Å²) < 4.78 is 9.93. The van der Waals surface area contributed by atoms with Gasteiger partial charge in [-0.1, -0.05) is 26.0 Å². The van der Waals surface area contributed by atoms with Crippen molar-refractivity contribution >= 4 is 5.97 Å². The number of carbonyl (C=O) groups excluding carboxylic acids is 1. The molecule has 0 aromatic heterocycles. The van der Waals surface area contributed by atoms with Crippen LogP contribution in [0.25, 0.3) is 0 Å². The van der Waals surface area contributed by atoms with Gasteiger partial charge in [0.2, 0.25) is 0 Å². The Morgan fingerprint density at radius 1 is 1.25 bits per heavy atom. The SMILES string of the molecule is COC(=O)CCOc1ccc(C(C)C)cc1. The molecular formula is C13H18O3. The fourth-order valence-corrected chi connectivity index (χ4v) is 1.30. The molecule has 0 N–H and O–H groups in total. The third-order valence-electron chi connectivity index (χ3n) is 2.35. The summed E-state index contributed by atoms with van der Waals surface area (Å²) in [6, 6.07) is 7.93. The Balaban J connectivity index is 2.40. The Morgan fingerprint density at radius 2 is 1.88 bits per heavy atom. The maximum Gasteiger partial charge on any atom is 0.308 e. The largest absolute Gasteiger partial charge is 0.493 e. The molecule has 3 nitrogen and oxygen atoms in total. The van der Waals surface area contributed by atoms with Crippen LogP contribution in [0.1, 0.15) is 31.7 Å². The first-order chi connectivity index (χ1) is 7.63. The number of benzene rings is 1. The van der Waals surface area contributed by atoms with Crippen molar-refractivity contribution in [2.24, 2.45) is 0 Å². The predicted octanol–water partition coefficient (Wildman–Crippen LogP) is 2.75. The summed E-state index contributed by atoms with van der Waals surface area (Å²) in [7, 11) is 1.37. The first kappa shape index (κ1) is 12.6. The van der Waals surface area contributed by atoms with Crippen molar-refractivity contribution in [2.45, 2.75) is 26.2 Å². The highest BCUT2D eigenvalue weighted by atomic mass is 16.5. The van der Waals surface area contributed by atoms with E-state index >= 15 is 0 Å². The summed E-state index contributed by atoms with van der Waals surface area (Å²) in [4.78, 5) is 10.8. The number of carbonyl (C=O) groups is 1. The first-order valence-corrected chi connectivity index (χ1v) is 5.43. The van der Waals surface area contributed by atoms with Crippen molar-refractivity contribution in [1.82, 2.24) is 0 Å². The molecule has 0 aliphatic heterocycles. The molecule has 0 unspecified atom stereocenters. The lowest BCUT2D eigenvalue weighted by Crippen LogP contribution is -2.07. The van der Waals surface area contributed by atoms with E-state index in [9.17, 15) is 4.79 Å². The van der Waals surface area contributed by atoms with Crippen LogP contribution in [-0.2, 0) is 9.53 Å². The smallest absolute Gasteiger partial charge is 0.308 e. The molecular weight excluding hydrogens is 204 g/mol. The zero-order valence-electron chi connectivity index (χ0n) is 10.0. The van der Waals surface area contributed by atoms with Gasteiger partial charge in [0.05, 0.1) is 20.1 Å². The van der Waals surface area contributed by atoms with Crippen LogP contribution >= 0.6 is 0 Å². The lowest BCUT2D eigenvalue weighted by Gasteiger charge is -2.08. The third kappa shape index (κ3) is 3.93. The number of esters is 1. The molecule has 1 rings (SSSR count). The lowest BCUT2D eigenvalue weighted by molar-refractivity contribution is -0.141. The number of ether oxygens (including phenoxy) is 2. The normalized spacial score (nSPS) is 10.2. The molecule has 0 amide bonds. The number of methoxy groups -OCH3 is 1. The molecule has 0 spiro atoms. The fraction of sp³-hybridized carbons (Fsp3) is 0.462. The van der Waals surface area contributed by atoms with Crippen molar-refractivity contribution in [3.63, 3.8) is 0 Å². The van der Waals surface area contributed by atoms with Gasteiger partial charge < -0.3 is 9.47 Å². The summed E-state index contributed by atoms with van der Waals surface area (Å²) >= 11 is 0. The maximum atomic E-state index is 10.8. The molecule has 16 heavy (non-hydrogen) atoms. The topological polar surface area (TPSA) is 35.5 Å². The van der Waals surface area contributed by atoms with Gasteiger partial charge in [0.1, 0.15) is 5.75 Å². The average Bonchev–Trinajstić information content (AvgIpc) is 2.29. The quantitative estimate of drug-likeness (QED) is 0.719. The lowest BCUT2D eigenvalue weighted by atomic mass is 10.0. The second-order valence-electron chi connectivity index (χ2n) is 3.90. The van der Waals surface area contributed by atoms with E-state index in [1.54, 1.807) is 0 Å². The van der Waals surface area contributed by atoms with Crippen molar-refractivity contribution in [3.8, 4) is 5.75 Å².